The molecule has 1 fully saturated rings. The van der Waals surface area contributed by atoms with Crippen LogP contribution in [-0.4, -0.2) is 63.6 Å². The van der Waals surface area contributed by atoms with Crippen LogP contribution in [0.2, 0.25) is 0 Å². The molecule has 1 unspecified atom stereocenters. The molecule has 2 N–H and O–H groups in total. The lowest BCUT2D eigenvalue weighted by molar-refractivity contribution is 0.0283. The maximum absolute atomic E-state index is 12.6. The Morgan fingerprint density at radius 2 is 2.00 bits per heavy atom. The summed E-state index contributed by atoms with van der Waals surface area (Å²) in [4.78, 5) is 5.70. The number of sulfonamides is 1. The van der Waals surface area contributed by atoms with Crippen LogP contribution in [0.3, 0.4) is 0 Å². The van der Waals surface area contributed by atoms with Crippen LogP contribution in [0, 0.1) is 0 Å². The van der Waals surface area contributed by atoms with E-state index in [1.54, 1.807) is 6.07 Å². The minimum Gasteiger partial charge on any atom is -0.373 e. The Hall–Kier alpha value is -0.430. The standard InChI is InChI=1S/C19H34N4O3S2.HI/c1-5-20-18(22-15-19(4)12-8-14-26-19)21-13-11-16-9-10-17(27-16)28(24,25)23(6-2)7-3;/h9-10H,5-8,11-15H2,1-4H3,(H2,20,21,22);1H. The van der Waals surface area contributed by atoms with Crippen LogP contribution < -0.4 is 10.6 Å². The summed E-state index contributed by atoms with van der Waals surface area (Å²) in [5.41, 5.74) is -0.163. The zero-order valence-electron chi connectivity index (χ0n) is 17.9. The minimum atomic E-state index is -3.37. The van der Waals surface area contributed by atoms with Gasteiger partial charge in [0.15, 0.2) is 5.96 Å². The van der Waals surface area contributed by atoms with E-state index in [-0.39, 0.29) is 29.6 Å². The number of guanidine groups is 1. The van der Waals surface area contributed by atoms with Gasteiger partial charge in [-0.05, 0) is 45.2 Å². The van der Waals surface area contributed by atoms with Gasteiger partial charge in [-0.3, -0.25) is 4.99 Å². The molecule has 1 saturated heterocycles. The third-order valence-electron chi connectivity index (χ3n) is 4.82. The van der Waals surface area contributed by atoms with Crippen molar-refractivity contribution in [1.29, 1.82) is 0 Å². The molecule has 10 heteroatoms. The molecule has 0 spiro atoms. The summed E-state index contributed by atoms with van der Waals surface area (Å²) >= 11 is 1.35. The van der Waals surface area contributed by atoms with E-state index in [1.807, 2.05) is 26.8 Å². The van der Waals surface area contributed by atoms with E-state index in [2.05, 4.69) is 22.5 Å². The van der Waals surface area contributed by atoms with Gasteiger partial charge in [0.1, 0.15) is 4.21 Å². The van der Waals surface area contributed by atoms with Gasteiger partial charge in [-0.15, -0.1) is 35.3 Å². The molecule has 29 heavy (non-hydrogen) atoms. The monoisotopic (exact) mass is 558 g/mol. The predicted molar refractivity (Wildman–Crippen MR) is 131 cm³/mol. The molecule has 0 saturated carbocycles. The molecule has 1 aliphatic heterocycles. The molecule has 1 atom stereocenters. The van der Waals surface area contributed by atoms with Crippen LogP contribution in [0.15, 0.2) is 21.3 Å². The van der Waals surface area contributed by atoms with Crippen LogP contribution in [0.5, 0.6) is 0 Å². The molecule has 0 aliphatic carbocycles. The van der Waals surface area contributed by atoms with Crippen molar-refractivity contribution in [2.24, 2.45) is 4.99 Å². The quantitative estimate of drug-likeness (QED) is 0.262. The smallest absolute Gasteiger partial charge is 0.252 e. The third kappa shape index (κ3) is 7.64. The molecule has 0 bridgehead atoms. The van der Waals surface area contributed by atoms with Crippen LogP contribution in [-0.2, 0) is 21.2 Å². The zero-order valence-corrected chi connectivity index (χ0v) is 21.8. The van der Waals surface area contributed by atoms with Crippen molar-refractivity contribution in [3.63, 3.8) is 0 Å². The van der Waals surface area contributed by atoms with Gasteiger partial charge in [0.25, 0.3) is 10.0 Å². The minimum absolute atomic E-state index is 0. The highest BCUT2D eigenvalue weighted by molar-refractivity contribution is 14.0. The van der Waals surface area contributed by atoms with Crippen molar-refractivity contribution < 1.29 is 13.2 Å². The SMILES string of the molecule is CCNC(=NCC1(C)CCCO1)NCCc1ccc(S(=O)(=O)N(CC)CC)s1.I. The molecular weight excluding hydrogens is 523 g/mol. The van der Waals surface area contributed by atoms with Crippen LogP contribution in [0.4, 0.5) is 0 Å². The van der Waals surface area contributed by atoms with E-state index in [9.17, 15) is 8.42 Å². The first kappa shape index (κ1) is 26.6. The molecule has 2 heterocycles. The first-order chi connectivity index (χ1) is 13.3. The Kier molecular flexibility index (Phi) is 11.4. The van der Waals surface area contributed by atoms with Gasteiger partial charge in [-0.2, -0.15) is 4.31 Å². The number of aliphatic imine (C=N–C) groups is 1. The number of halogens is 1. The highest BCUT2D eigenvalue weighted by Crippen LogP contribution is 2.26. The van der Waals surface area contributed by atoms with Crippen LogP contribution >= 0.6 is 35.3 Å². The normalized spacial score (nSPS) is 20.0. The molecule has 1 aromatic heterocycles. The van der Waals surface area contributed by atoms with E-state index in [1.165, 1.54) is 15.6 Å². The summed E-state index contributed by atoms with van der Waals surface area (Å²) in [7, 11) is -3.37. The lowest BCUT2D eigenvalue weighted by atomic mass is 10.0. The van der Waals surface area contributed by atoms with Crippen LogP contribution in [0.25, 0.3) is 0 Å². The van der Waals surface area contributed by atoms with Gasteiger partial charge in [0, 0.05) is 37.7 Å². The van der Waals surface area contributed by atoms with E-state index in [4.69, 9.17) is 4.74 Å². The summed E-state index contributed by atoms with van der Waals surface area (Å²) in [6.45, 7) is 11.8. The van der Waals surface area contributed by atoms with Crippen molar-refractivity contribution in [1.82, 2.24) is 14.9 Å². The Morgan fingerprint density at radius 3 is 2.59 bits per heavy atom. The number of rotatable bonds is 10. The maximum Gasteiger partial charge on any atom is 0.252 e. The van der Waals surface area contributed by atoms with Crippen molar-refractivity contribution in [3.8, 4) is 0 Å². The van der Waals surface area contributed by atoms with E-state index >= 15 is 0 Å². The highest BCUT2D eigenvalue weighted by atomic mass is 127. The summed E-state index contributed by atoms with van der Waals surface area (Å²) in [6.07, 6.45) is 2.87. The van der Waals surface area contributed by atoms with Gasteiger partial charge in [0.05, 0.1) is 12.1 Å². The molecular formula is C19H35IN4O3S2. The molecule has 0 aromatic carbocycles. The van der Waals surface area contributed by atoms with E-state index < -0.39 is 10.0 Å². The fourth-order valence-corrected chi connectivity index (χ4v) is 6.14. The second-order valence-corrected chi connectivity index (χ2v) is 10.4. The fraction of sp³-hybridized carbons (Fsp3) is 0.737. The molecule has 0 amide bonds. The van der Waals surface area contributed by atoms with Crippen molar-refractivity contribution >= 4 is 51.3 Å². The Labute approximate surface area is 196 Å². The van der Waals surface area contributed by atoms with Gasteiger partial charge in [-0.25, -0.2) is 8.42 Å². The summed E-state index contributed by atoms with van der Waals surface area (Å²) in [5, 5.41) is 6.59. The highest BCUT2D eigenvalue weighted by Gasteiger charge is 2.29. The topological polar surface area (TPSA) is 83.0 Å². The third-order valence-corrected chi connectivity index (χ3v) is 8.48. The van der Waals surface area contributed by atoms with E-state index in [0.29, 0.717) is 30.4 Å². The van der Waals surface area contributed by atoms with Gasteiger partial charge < -0.3 is 15.4 Å². The first-order valence-electron chi connectivity index (χ1n) is 10.1. The van der Waals surface area contributed by atoms with E-state index in [0.717, 1.165) is 43.3 Å². The average Bonchev–Trinajstić information content (AvgIpc) is 3.31. The molecule has 7 nitrogen and oxygen atoms in total. The molecule has 1 aromatic rings. The summed E-state index contributed by atoms with van der Waals surface area (Å²) in [5.74, 6) is 0.770. The second kappa shape index (κ2) is 12.4. The lowest BCUT2D eigenvalue weighted by Gasteiger charge is -2.21. The zero-order chi connectivity index (χ0) is 20.6. The Balaban J connectivity index is 0.00000420. The van der Waals surface area contributed by atoms with Gasteiger partial charge in [0.2, 0.25) is 0 Å². The Morgan fingerprint density at radius 1 is 1.28 bits per heavy atom. The van der Waals surface area contributed by atoms with Crippen LogP contribution in [0.1, 0.15) is 45.4 Å². The average molecular weight is 559 g/mol. The van der Waals surface area contributed by atoms with Gasteiger partial charge in [-0.1, -0.05) is 13.8 Å². The second-order valence-electron chi connectivity index (χ2n) is 7.08. The number of ether oxygens (including phenoxy) is 1. The predicted octanol–water partition coefficient (Wildman–Crippen LogP) is 3.06. The number of nitrogens with zero attached hydrogens (tertiary/aromatic N) is 2. The number of hydrogen-bond donors (Lipinski definition) is 2. The summed E-state index contributed by atoms with van der Waals surface area (Å²) in [6, 6.07) is 3.62. The van der Waals surface area contributed by atoms with Gasteiger partial charge >= 0.3 is 0 Å². The molecule has 0 radical (unpaired) electrons. The van der Waals surface area contributed by atoms with Crippen molar-refractivity contribution in [3.05, 3.63) is 17.0 Å². The largest absolute Gasteiger partial charge is 0.373 e. The van der Waals surface area contributed by atoms with Crippen molar-refractivity contribution in [2.75, 3.05) is 39.3 Å². The Bertz CT molecular complexity index is 742. The van der Waals surface area contributed by atoms with Crippen molar-refractivity contribution in [2.45, 2.75) is 56.8 Å². The lowest BCUT2D eigenvalue weighted by Crippen LogP contribution is -2.40. The molecule has 2 rings (SSSR count). The molecule has 1 aliphatic rings. The number of nitrogens with one attached hydrogen (secondary N) is 2. The maximum atomic E-state index is 12.6. The first-order valence-corrected chi connectivity index (χ1v) is 12.3. The summed E-state index contributed by atoms with van der Waals surface area (Å²) < 4.78 is 32.9. The molecule has 168 valence electrons. The number of hydrogen-bond acceptors (Lipinski definition) is 5. The number of thiophene rings is 1. The fourth-order valence-electron chi connectivity index (χ4n) is 3.18.